The van der Waals surface area contributed by atoms with Crippen molar-refractivity contribution in [1.82, 2.24) is 4.90 Å². The number of rotatable bonds is 3. The average molecular weight is 281 g/mol. The predicted molar refractivity (Wildman–Crippen MR) is 90.9 cm³/mol. The van der Waals surface area contributed by atoms with E-state index in [-0.39, 0.29) is 10.8 Å². The van der Waals surface area contributed by atoms with Crippen molar-refractivity contribution in [3.63, 3.8) is 0 Å². The van der Waals surface area contributed by atoms with E-state index in [4.69, 9.17) is 0 Å². The molecule has 0 aromatic carbocycles. The third-order valence-electron chi connectivity index (χ3n) is 5.97. The zero-order valence-electron chi connectivity index (χ0n) is 14.2. The van der Waals surface area contributed by atoms with Crippen molar-refractivity contribution in [1.29, 1.82) is 0 Å². The van der Waals surface area contributed by atoms with E-state index in [1.807, 2.05) is 0 Å². The summed E-state index contributed by atoms with van der Waals surface area (Å²) in [6, 6.07) is 0. The van der Waals surface area contributed by atoms with Crippen molar-refractivity contribution in [2.24, 2.45) is 10.8 Å². The summed E-state index contributed by atoms with van der Waals surface area (Å²) in [5.74, 6) is 0. The van der Waals surface area contributed by atoms with Crippen molar-refractivity contribution >= 4 is 0 Å². The fourth-order valence-electron chi connectivity index (χ4n) is 4.69. The minimum Gasteiger partial charge on any atom is -0.374 e. The Balaban J connectivity index is 2.30. The Labute approximate surface area is 129 Å². The van der Waals surface area contributed by atoms with E-state index >= 15 is 0 Å². The molecule has 3 rings (SSSR count). The Morgan fingerprint density at radius 2 is 1.76 bits per heavy atom. The summed E-state index contributed by atoms with van der Waals surface area (Å²) in [6.07, 6.45) is 11.7. The minimum absolute atomic E-state index is 0.0739. The Hall–Kier alpha value is -1.50. The van der Waals surface area contributed by atoms with Gasteiger partial charge in [0.25, 0.3) is 0 Å². The lowest BCUT2D eigenvalue weighted by molar-refractivity contribution is 0.206. The monoisotopic (exact) mass is 281 g/mol. The Kier molecular flexibility index (Phi) is 3.09. The molecule has 0 amide bonds. The molecular weight excluding hydrogens is 254 g/mol. The minimum atomic E-state index is 0.0739. The van der Waals surface area contributed by atoms with Gasteiger partial charge in [0.15, 0.2) is 0 Å². The van der Waals surface area contributed by atoms with Crippen molar-refractivity contribution in [3.05, 3.63) is 58.4 Å². The van der Waals surface area contributed by atoms with Crippen LogP contribution in [0.3, 0.4) is 0 Å². The van der Waals surface area contributed by atoms with Crippen LogP contribution in [0.1, 0.15) is 41.5 Å². The van der Waals surface area contributed by atoms with E-state index in [2.05, 4.69) is 76.8 Å². The molecule has 2 atom stereocenters. The third kappa shape index (κ3) is 1.58. The van der Waals surface area contributed by atoms with Gasteiger partial charge in [0, 0.05) is 29.6 Å². The van der Waals surface area contributed by atoms with E-state index in [1.54, 1.807) is 0 Å². The number of allylic oxidation sites excluding steroid dienone is 9. The highest BCUT2D eigenvalue weighted by atomic mass is 15.1. The van der Waals surface area contributed by atoms with E-state index in [1.165, 1.54) is 28.0 Å². The van der Waals surface area contributed by atoms with Crippen LogP contribution in [0, 0.1) is 10.8 Å². The van der Waals surface area contributed by atoms with Crippen LogP contribution in [0.5, 0.6) is 0 Å². The van der Waals surface area contributed by atoms with Gasteiger partial charge in [-0.05, 0) is 45.8 Å². The average Bonchev–Trinajstić information content (AvgIpc) is 2.96. The second-order valence-electron chi connectivity index (χ2n) is 6.92. The van der Waals surface area contributed by atoms with Crippen molar-refractivity contribution < 1.29 is 0 Å². The molecule has 2 unspecified atom stereocenters. The summed E-state index contributed by atoms with van der Waals surface area (Å²) >= 11 is 0. The van der Waals surface area contributed by atoms with Crippen LogP contribution in [-0.4, -0.2) is 18.0 Å². The Morgan fingerprint density at radius 3 is 2.38 bits per heavy atom. The van der Waals surface area contributed by atoms with Gasteiger partial charge in [-0.2, -0.15) is 0 Å². The zero-order chi connectivity index (χ0) is 15.4. The molecule has 0 fully saturated rings. The molecule has 0 heterocycles. The highest BCUT2D eigenvalue weighted by Crippen LogP contribution is 2.66. The fraction of sp³-hybridized carbons (Fsp3) is 0.500. The summed E-state index contributed by atoms with van der Waals surface area (Å²) in [6.45, 7) is 16.1. The smallest absolute Gasteiger partial charge is 0.0418 e. The fourth-order valence-corrected chi connectivity index (χ4v) is 4.69. The van der Waals surface area contributed by atoms with Gasteiger partial charge in [-0.3, -0.25) is 0 Å². The molecule has 0 bridgehead atoms. The van der Waals surface area contributed by atoms with Crippen LogP contribution in [0.4, 0.5) is 0 Å². The predicted octanol–water partition coefficient (Wildman–Crippen LogP) is 5.01. The van der Waals surface area contributed by atoms with E-state index in [0.717, 1.165) is 13.1 Å². The molecule has 0 aliphatic heterocycles. The highest BCUT2D eigenvalue weighted by Gasteiger charge is 2.58. The Morgan fingerprint density at radius 1 is 1.10 bits per heavy atom. The molecule has 0 aromatic heterocycles. The number of hydrogen-bond donors (Lipinski definition) is 0. The quantitative estimate of drug-likeness (QED) is 0.703. The molecular formula is C20H27N. The van der Waals surface area contributed by atoms with Gasteiger partial charge in [0.2, 0.25) is 0 Å². The summed E-state index contributed by atoms with van der Waals surface area (Å²) in [5.41, 5.74) is 7.51. The molecule has 0 N–H and O–H groups in total. The Bertz CT molecular complexity index is 637. The molecule has 3 aliphatic rings. The molecule has 1 heteroatoms. The molecule has 0 spiro atoms. The first-order valence-corrected chi connectivity index (χ1v) is 8.17. The van der Waals surface area contributed by atoms with E-state index in [0.29, 0.717) is 0 Å². The molecule has 0 saturated heterocycles. The molecule has 0 radical (unpaired) electrons. The number of fused-ring (bicyclic) bond motifs is 3. The summed E-state index contributed by atoms with van der Waals surface area (Å²) < 4.78 is 0. The molecule has 21 heavy (non-hydrogen) atoms. The van der Waals surface area contributed by atoms with Crippen LogP contribution in [0.2, 0.25) is 0 Å². The molecule has 1 nitrogen and oxygen atoms in total. The number of nitrogens with zero attached hydrogens (tertiary/aromatic N) is 1. The summed E-state index contributed by atoms with van der Waals surface area (Å²) in [4.78, 5) is 2.55. The summed E-state index contributed by atoms with van der Waals surface area (Å²) in [7, 11) is 0. The second-order valence-corrected chi connectivity index (χ2v) is 6.92. The van der Waals surface area contributed by atoms with Gasteiger partial charge in [0.05, 0.1) is 0 Å². The van der Waals surface area contributed by atoms with Crippen molar-refractivity contribution in [2.75, 3.05) is 13.1 Å². The van der Waals surface area contributed by atoms with Crippen LogP contribution < -0.4 is 0 Å². The maximum absolute atomic E-state index is 2.55. The first kappa shape index (κ1) is 14.4. The highest BCUT2D eigenvalue weighted by molar-refractivity contribution is 5.67. The van der Waals surface area contributed by atoms with E-state index < -0.39 is 0 Å². The zero-order valence-corrected chi connectivity index (χ0v) is 14.2. The van der Waals surface area contributed by atoms with Gasteiger partial charge >= 0.3 is 0 Å². The lowest BCUT2D eigenvalue weighted by Crippen LogP contribution is -2.42. The van der Waals surface area contributed by atoms with Crippen LogP contribution in [-0.2, 0) is 0 Å². The van der Waals surface area contributed by atoms with Crippen molar-refractivity contribution in [2.45, 2.75) is 41.5 Å². The normalized spacial score (nSPS) is 33.5. The standard InChI is InChI=1S/C20H27N/c1-7-21(8-2)18-16-10-9-11-17(16)19(5)13-14(3)12-15(4)20(18,19)6/h9-13H,7-8H2,1-6H3. The molecule has 112 valence electrons. The third-order valence-corrected chi connectivity index (χ3v) is 5.97. The van der Waals surface area contributed by atoms with Gasteiger partial charge in [-0.1, -0.05) is 48.5 Å². The van der Waals surface area contributed by atoms with Gasteiger partial charge in [-0.15, -0.1) is 0 Å². The van der Waals surface area contributed by atoms with Crippen LogP contribution in [0.15, 0.2) is 58.4 Å². The first-order chi connectivity index (χ1) is 9.90. The molecule has 0 saturated carbocycles. The maximum Gasteiger partial charge on any atom is 0.0418 e. The molecule has 0 aromatic rings. The van der Waals surface area contributed by atoms with Gasteiger partial charge in [0.1, 0.15) is 0 Å². The maximum atomic E-state index is 2.55. The van der Waals surface area contributed by atoms with Crippen LogP contribution in [0.25, 0.3) is 0 Å². The first-order valence-electron chi connectivity index (χ1n) is 8.17. The topological polar surface area (TPSA) is 3.24 Å². The van der Waals surface area contributed by atoms with Crippen molar-refractivity contribution in [3.8, 4) is 0 Å². The summed E-state index contributed by atoms with van der Waals surface area (Å²) in [5, 5.41) is 0. The largest absolute Gasteiger partial charge is 0.374 e. The van der Waals surface area contributed by atoms with Gasteiger partial charge < -0.3 is 4.90 Å². The molecule has 3 aliphatic carbocycles. The lowest BCUT2D eigenvalue weighted by atomic mass is 9.58. The SMILES string of the molecule is CCN(CC)C1=C2C=CC=C2C2(C)C=C(C)C=C(C)C12C. The van der Waals surface area contributed by atoms with Crippen LogP contribution >= 0.6 is 0 Å². The van der Waals surface area contributed by atoms with E-state index in [9.17, 15) is 0 Å². The lowest BCUT2D eigenvalue weighted by Gasteiger charge is -2.48. The van der Waals surface area contributed by atoms with Gasteiger partial charge in [-0.25, -0.2) is 0 Å². The second kappa shape index (κ2) is 4.50. The number of hydrogen-bond acceptors (Lipinski definition) is 1.